The zero-order chi connectivity index (χ0) is 13.8. The summed E-state index contributed by atoms with van der Waals surface area (Å²) < 4.78 is 0. The molecule has 1 aromatic rings. The Morgan fingerprint density at radius 1 is 1.16 bits per heavy atom. The number of thioether (sulfide) groups is 1. The second-order valence-electron chi connectivity index (χ2n) is 6.32. The van der Waals surface area contributed by atoms with E-state index >= 15 is 0 Å². The molecule has 1 nitrogen and oxygen atoms in total. The molecule has 106 valence electrons. The summed E-state index contributed by atoms with van der Waals surface area (Å²) in [4.78, 5) is 1.35. The molecule has 1 saturated carbocycles. The molecule has 1 aliphatic rings. The van der Waals surface area contributed by atoms with Gasteiger partial charge in [0.25, 0.3) is 0 Å². The van der Waals surface area contributed by atoms with Crippen LogP contribution in [-0.2, 0) is 0 Å². The van der Waals surface area contributed by atoms with Gasteiger partial charge in [0.2, 0.25) is 0 Å². The molecule has 0 heterocycles. The molecule has 2 rings (SSSR count). The number of rotatable bonds is 4. The van der Waals surface area contributed by atoms with E-state index in [1.54, 1.807) is 0 Å². The first-order valence-electron chi connectivity index (χ1n) is 7.51. The van der Waals surface area contributed by atoms with Crippen LogP contribution in [0.15, 0.2) is 29.2 Å². The third kappa shape index (κ3) is 4.25. The fourth-order valence-corrected chi connectivity index (χ4v) is 3.93. The van der Waals surface area contributed by atoms with Gasteiger partial charge in [0.05, 0.1) is 0 Å². The van der Waals surface area contributed by atoms with Crippen molar-refractivity contribution < 1.29 is 0 Å². The van der Waals surface area contributed by atoms with Gasteiger partial charge in [-0.05, 0) is 49.7 Å². The molecule has 19 heavy (non-hydrogen) atoms. The maximum atomic E-state index is 6.41. The van der Waals surface area contributed by atoms with E-state index in [9.17, 15) is 0 Å². The Morgan fingerprint density at radius 3 is 2.47 bits per heavy atom. The Bertz CT molecular complexity index is 387. The molecule has 2 heteroatoms. The van der Waals surface area contributed by atoms with E-state index in [-0.39, 0.29) is 0 Å². The molecule has 0 bridgehead atoms. The number of nitrogens with two attached hydrogens (primary N) is 1. The van der Waals surface area contributed by atoms with Crippen molar-refractivity contribution in [2.24, 2.45) is 23.5 Å². The molecule has 0 aliphatic heterocycles. The van der Waals surface area contributed by atoms with Crippen molar-refractivity contribution in [1.29, 1.82) is 0 Å². The summed E-state index contributed by atoms with van der Waals surface area (Å²) in [6, 6.07) is 9.12. The van der Waals surface area contributed by atoms with Crippen LogP contribution in [0.5, 0.6) is 0 Å². The number of aryl methyl sites for hydroxylation is 1. The lowest BCUT2D eigenvalue weighted by atomic mass is 9.74. The molecule has 0 saturated heterocycles. The topological polar surface area (TPSA) is 26.0 Å². The zero-order valence-corrected chi connectivity index (χ0v) is 13.2. The minimum atomic E-state index is 0.348. The van der Waals surface area contributed by atoms with Crippen molar-refractivity contribution in [1.82, 2.24) is 0 Å². The Hall–Kier alpha value is -0.470. The highest BCUT2D eigenvalue weighted by Gasteiger charge is 2.28. The van der Waals surface area contributed by atoms with Crippen LogP contribution in [0.1, 0.15) is 38.7 Å². The Morgan fingerprint density at radius 2 is 1.84 bits per heavy atom. The van der Waals surface area contributed by atoms with E-state index in [1.165, 1.54) is 29.7 Å². The molecule has 1 aliphatic carbocycles. The van der Waals surface area contributed by atoms with Crippen molar-refractivity contribution in [3.05, 3.63) is 29.8 Å². The summed E-state index contributed by atoms with van der Waals surface area (Å²) in [7, 11) is 0. The maximum absolute atomic E-state index is 6.41. The van der Waals surface area contributed by atoms with Crippen LogP contribution < -0.4 is 5.73 Å². The molecule has 0 radical (unpaired) electrons. The van der Waals surface area contributed by atoms with Gasteiger partial charge in [-0.15, -0.1) is 11.8 Å². The minimum absolute atomic E-state index is 0.348. The van der Waals surface area contributed by atoms with E-state index in [2.05, 4.69) is 45.0 Å². The fourth-order valence-electron chi connectivity index (χ4n) is 2.94. The average molecular weight is 277 g/mol. The van der Waals surface area contributed by atoms with Crippen molar-refractivity contribution >= 4 is 11.8 Å². The third-order valence-electron chi connectivity index (χ3n) is 4.71. The molecule has 1 aromatic carbocycles. The first-order chi connectivity index (χ1) is 9.06. The zero-order valence-electron chi connectivity index (χ0n) is 12.4. The van der Waals surface area contributed by atoms with Gasteiger partial charge < -0.3 is 5.73 Å². The summed E-state index contributed by atoms with van der Waals surface area (Å²) in [5.41, 5.74) is 7.74. The van der Waals surface area contributed by atoms with Crippen molar-refractivity contribution in [3.63, 3.8) is 0 Å². The molecule has 2 N–H and O–H groups in total. The largest absolute Gasteiger partial charge is 0.327 e. The van der Waals surface area contributed by atoms with Gasteiger partial charge in [-0.2, -0.15) is 0 Å². The predicted molar refractivity (Wildman–Crippen MR) is 85.5 cm³/mol. The van der Waals surface area contributed by atoms with E-state index < -0.39 is 0 Å². The standard InChI is InChI=1S/C17H27NS/c1-12-4-8-16(9-5-12)19-11-17(18)15-7-6-13(2)14(3)10-15/h4-5,8-9,13-15,17H,6-7,10-11,18H2,1-3H3. The Labute approximate surface area is 122 Å². The highest BCUT2D eigenvalue weighted by atomic mass is 32.2. The van der Waals surface area contributed by atoms with E-state index in [0.29, 0.717) is 6.04 Å². The Kier molecular flexibility index (Phi) is 5.35. The summed E-state index contributed by atoms with van der Waals surface area (Å²) in [6.07, 6.45) is 3.99. The lowest BCUT2D eigenvalue weighted by Crippen LogP contribution is -2.37. The van der Waals surface area contributed by atoms with Crippen LogP contribution >= 0.6 is 11.8 Å². The molecule has 0 amide bonds. The summed E-state index contributed by atoms with van der Waals surface area (Å²) in [5.74, 6) is 3.50. The van der Waals surface area contributed by atoms with E-state index in [1.807, 2.05) is 11.8 Å². The third-order valence-corrected chi connectivity index (χ3v) is 5.86. The molecule has 0 spiro atoms. The lowest BCUT2D eigenvalue weighted by molar-refractivity contribution is 0.192. The van der Waals surface area contributed by atoms with Crippen molar-refractivity contribution in [3.8, 4) is 0 Å². The van der Waals surface area contributed by atoms with Gasteiger partial charge in [-0.1, -0.05) is 38.0 Å². The summed E-state index contributed by atoms with van der Waals surface area (Å²) in [6.45, 7) is 6.90. The molecule has 4 atom stereocenters. The van der Waals surface area contributed by atoms with E-state index in [4.69, 9.17) is 5.73 Å². The fraction of sp³-hybridized carbons (Fsp3) is 0.647. The van der Waals surface area contributed by atoms with Gasteiger partial charge in [0.1, 0.15) is 0 Å². The second kappa shape index (κ2) is 6.81. The van der Waals surface area contributed by atoms with Crippen LogP contribution in [0.4, 0.5) is 0 Å². The first-order valence-corrected chi connectivity index (χ1v) is 8.50. The summed E-state index contributed by atoms with van der Waals surface area (Å²) >= 11 is 1.91. The maximum Gasteiger partial charge on any atom is 0.0162 e. The van der Waals surface area contributed by atoms with Gasteiger partial charge in [-0.25, -0.2) is 0 Å². The Balaban J connectivity index is 1.81. The van der Waals surface area contributed by atoms with Crippen LogP contribution in [0.3, 0.4) is 0 Å². The smallest absolute Gasteiger partial charge is 0.0162 e. The lowest BCUT2D eigenvalue weighted by Gasteiger charge is -2.35. The molecule has 4 unspecified atom stereocenters. The predicted octanol–water partition coefficient (Wildman–Crippen LogP) is 4.49. The van der Waals surface area contributed by atoms with Crippen LogP contribution in [-0.4, -0.2) is 11.8 Å². The van der Waals surface area contributed by atoms with Crippen molar-refractivity contribution in [2.75, 3.05) is 5.75 Å². The van der Waals surface area contributed by atoms with Gasteiger partial charge in [-0.3, -0.25) is 0 Å². The van der Waals surface area contributed by atoms with Crippen LogP contribution in [0.2, 0.25) is 0 Å². The number of hydrogen-bond acceptors (Lipinski definition) is 2. The quantitative estimate of drug-likeness (QED) is 0.821. The van der Waals surface area contributed by atoms with Gasteiger partial charge in [0, 0.05) is 16.7 Å². The van der Waals surface area contributed by atoms with Crippen LogP contribution in [0, 0.1) is 24.7 Å². The SMILES string of the molecule is Cc1ccc(SCC(N)C2CCC(C)C(C)C2)cc1. The minimum Gasteiger partial charge on any atom is -0.327 e. The van der Waals surface area contributed by atoms with E-state index in [0.717, 1.165) is 23.5 Å². The van der Waals surface area contributed by atoms with Crippen LogP contribution in [0.25, 0.3) is 0 Å². The first kappa shape index (κ1) is 14.9. The van der Waals surface area contributed by atoms with Gasteiger partial charge in [0.15, 0.2) is 0 Å². The summed E-state index contributed by atoms with van der Waals surface area (Å²) in [5, 5.41) is 0. The second-order valence-corrected chi connectivity index (χ2v) is 7.41. The average Bonchev–Trinajstić information content (AvgIpc) is 2.41. The van der Waals surface area contributed by atoms with Gasteiger partial charge >= 0.3 is 0 Å². The number of benzene rings is 1. The molecule has 1 fully saturated rings. The molecule has 0 aromatic heterocycles. The highest BCUT2D eigenvalue weighted by Crippen LogP contribution is 2.35. The monoisotopic (exact) mass is 277 g/mol. The van der Waals surface area contributed by atoms with Crippen molar-refractivity contribution in [2.45, 2.75) is 51.0 Å². The normalized spacial score (nSPS) is 29.2. The molecular weight excluding hydrogens is 250 g/mol. The number of hydrogen-bond donors (Lipinski definition) is 1. The highest BCUT2D eigenvalue weighted by molar-refractivity contribution is 7.99. The molecular formula is C17H27NS.